The fourth-order valence-electron chi connectivity index (χ4n) is 6.53. The number of rotatable bonds is 8. The summed E-state index contributed by atoms with van der Waals surface area (Å²) in [5.41, 5.74) is 4.64. The highest BCUT2D eigenvalue weighted by molar-refractivity contribution is 5.74. The molecule has 2 aliphatic heterocycles. The van der Waals surface area contributed by atoms with Gasteiger partial charge in [0.15, 0.2) is 5.69 Å². The first-order valence-corrected chi connectivity index (χ1v) is 14.1. The van der Waals surface area contributed by atoms with E-state index in [0.29, 0.717) is 17.4 Å². The first-order chi connectivity index (χ1) is 20.3. The fraction of sp³-hybridized carbons (Fsp3) is 0.483. The SMILES string of the molecule is COCCn1cc(C(F)(F)F)nc1-c1ccc(N2C3CCC2c2c(-c4c(OC)ncnc4C4CC4)nn(C)c2C3)nc1. The Morgan fingerprint density at radius 2 is 1.88 bits per heavy atom. The van der Waals surface area contributed by atoms with Gasteiger partial charge in [-0.1, -0.05) is 0 Å². The molecule has 2 bridgehead atoms. The standard InChI is InChI=1S/C29H31F3N8O2/c1-38-20-12-18-7-8-19(23(20)26(37-38)24-25(16-4-5-16)34-15-35-28(24)42-3)40(18)22-9-6-17(13-33-22)27-36-21(29(30,31)32)14-39(27)10-11-41-2/h6,9,13-16,18-19H,4-5,7-8,10-12H2,1-3H3. The largest absolute Gasteiger partial charge is 0.480 e. The van der Waals surface area contributed by atoms with Crippen molar-refractivity contribution < 1.29 is 22.6 Å². The van der Waals surface area contributed by atoms with Gasteiger partial charge in [0.05, 0.1) is 31.0 Å². The smallest absolute Gasteiger partial charge is 0.434 e. The monoisotopic (exact) mass is 580 g/mol. The molecule has 0 spiro atoms. The molecule has 2 atom stereocenters. The highest BCUT2D eigenvalue weighted by Crippen LogP contribution is 2.52. The summed E-state index contributed by atoms with van der Waals surface area (Å²) in [5, 5.41) is 5.00. The molecule has 0 amide bonds. The van der Waals surface area contributed by atoms with Gasteiger partial charge in [-0.25, -0.2) is 19.9 Å². The molecule has 4 aromatic heterocycles. The van der Waals surface area contributed by atoms with Crippen LogP contribution in [-0.4, -0.2) is 61.2 Å². The van der Waals surface area contributed by atoms with E-state index in [0.717, 1.165) is 66.6 Å². The maximum absolute atomic E-state index is 13.5. The number of aryl methyl sites for hydroxylation is 1. The number of nitrogens with zero attached hydrogens (tertiary/aromatic N) is 8. The van der Waals surface area contributed by atoms with E-state index in [1.807, 2.05) is 17.8 Å². The molecule has 4 aromatic rings. The van der Waals surface area contributed by atoms with Gasteiger partial charge in [0.1, 0.15) is 23.7 Å². The van der Waals surface area contributed by atoms with Crippen LogP contribution in [-0.2, 0) is 30.9 Å². The van der Waals surface area contributed by atoms with Crippen molar-refractivity contribution in [2.24, 2.45) is 7.05 Å². The van der Waals surface area contributed by atoms with Crippen molar-refractivity contribution in [2.45, 2.75) is 62.8 Å². The number of ether oxygens (including phenoxy) is 2. The summed E-state index contributed by atoms with van der Waals surface area (Å²) in [4.78, 5) is 20.1. The van der Waals surface area contributed by atoms with Crippen LogP contribution in [0.5, 0.6) is 5.88 Å². The van der Waals surface area contributed by atoms with E-state index in [4.69, 9.17) is 19.6 Å². The molecule has 3 aliphatic rings. The second kappa shape index (κ2) is 10.1. The van der Waals surface area contributed by atoms with Crippen LogP contribution < -0.4 is 9.64 Å². The maximum atomic E-state index is 13.5. The van der Waals surface area contributed by atoms with Gasteiger partial charge < -0.3 is 18.9 Å². The van der Waals surface area contributed by atoms with Crippen LogP contribution in [0.1, 0.15) is 60.3 Å². The molecule has 2 unspecified atom stereocenters. The van der Waals surface area contributed by atoms with Crippen molar-refractivity contribution in [3.05, 3.63) is 53.5 Å². The number of hydrogen-bond donors (Lipinski definition) is 0. The zero-order chi connectivity index (χ0) is 29.2. The second-order valence-electron chi connectivity index (χ2n) is 11.1. The van der Waals surface area contributed by atoms with Crippen molar-refractivity contribution in [3.8, 4) is 28.5 Å². The average Bonchev–Trinajstić information content (AvgIpc) is 3.55. The third kappa shape index (κ3) is 4.41. The van der Waals surface area contributed by atoms with Crippen molar-refractivity contribution in [1.29, 1.82) is 0 Å². The molecule has 13 heteroatoms. The van der Waals surface area contributed by atoms with Crippen LogP contribution in [0.25, 0.3) is 22.6 Å². The minimum Gasteiger partial charge on any atom is -0.480 e. The Balaban J connectivity index is 1.26. The number of pyridine rings is 1. The summed E-state index contributed by atoms with van der Waals surface area (Å²) in [7, 11) is 5.12. The Labute approximate surface area is 240 Å². The first-order valence-electron chi connectivity index (χ1n) is 14.1. The maximum Gasteiger partial charge on any atom is 0.434 e. The number of imidazole rings is 1. The van der Waals surface area contributed by atoms with Gasteiger partial charge in [-0.15, -0.1) is 0 Å². The molecule has 0 aromatic carbocycles. The van der Waals surface area contributed by atoms with Crippen LogP contribution in [0.4, 0.5) is 19.0 Å². The lowest BCUT2D eigenvalue weighted by atomic mass is 9.93. The minimum absolute atomic E-state index is 0.0401. The lowest BCUT2D eigenvalue weighted by molar-refractivity contribution is -0.140. The lowest BCUT2D eigenvalue weighted by Gasteiger charge is -2.36. The molecule has 220 valence electrons. The molecular formula is C29H31F3N8O2. The first kappa shape index (κ1) is 26.9. The molecule has 0 N–H and O–H groups in total. The van der Waals surface area contributed by atoms with E-state index in [1.165, 1.54) is 17.4 Å². The van der Waals surface area contributed by atoms with Gasteiger partial charge in [0.25, 0.3) is 0 Å². The van der Waals surface area contributed by atoms with Gasteiger partial charge in [0, 0.05) is 68.3 Å². The van der Waals surface area contributed by atoms with Crippen LogP contribution in [0.15, 0.2) is 30.9 Å². The van der Waals surface area contributed by atoms with E-state index in [1.54, 1.807) is 25.7 Å². The molecule has 42 heavy (non-hydrogen) atoms. The Bertz CT molecular complexity index is 1630. The number of methoxy groups -OCH3 is 2. The van der Waals surface area contributed by atoms with E-state index in [-0.39, 0.29) is 31.1 Å². The number of fused-ring (bicyclic) bond motifs is 4. The predicted octanol–water partition coefficient (Wildman–Crippen LogP) is 4.95. The normalized spacial score (nSPS) is 19.8. The molecule has 6 heterocycles. The lowest BCUT2D eigenvalue weighted by Crippen LogP contribution is -2.38. The number of halogens is 3. The van der Waals surface area contributed by atoms with Gasteiger partial charge in [-0.2, -0.15) is 18.3 Å². The molecule has 1 aliphatic carbocycles. The van der Waals surface area contributed by atoms with Gasteiger partial charge in [-0.3, -0.25) is 4.68 Å². The predicted molar refractivity (Wildman–Crippen MR) is 147 cm³/mol. The van der Waals surface area contributed by atoms with Crippen molar-refractivity contribution >= 4 is 5.82 Å². The number of hydrogen-bond acceptors (Lipinski definition) is 8. The Morgan fingerprint density at radius 3 is 2.57 bits per heavy atom. The van der Waals surface area contributed by atoms with E-state index in [9.17, 15) is 13.2 Å². The number of aromatic nitrogens is 7. The molecule has 10 nitrogen and oxygen atoms in total. The minimum atomic E-state index is -4.54. The molecule has 2 fully saturated rings. The average molecular weight is 581 g/mol. The zero-order valence-corrected chi connectivity index (χ0v) is 23.6. The Kier molecular flexibility index (Phi) is 6.44. The summed E-state index contributed by atoms with van der Waals surface area (Å²) in [6.45, 7) is 0.508. The van der Waals surface area contributed by atoms with Crippen molar-refractivity contribution in [2.75, 3.05) is 25.7 Å². The van der Waals surface area contributed by atoms with Crippen LogP contribution in [0.2, 0.25) is 0 Å². The molecule has 7 rings (SSSR count). The second-order valence-corrected chi connectivity index (χ2v) is 11.1. The van der Waals surface area contributed by atoms with Gasteiger partial charge in [0.2, 0.25) is 5.88 Å². The van der Waals surface area contributed by atoms with Crippen molar-refractivity contribution in [3.63, 3.8) is 0 Å². The van der Waals surface area contributed by atoms with Gasteiger partial charge in [-0.05, 0) is 37.8 Å². The summed E-state index contributed by atoms with van der Waals surface area (Å²) < 4.78 is 54.6. The summed E-state index contributed by atoms with van der Waals surface area (Å²) >= 11 is 0. The Morgan fingerprint density at radius 1 is 1.05 bits per heavy atom. The van der Waals surface area contributed by atoms with E-state index in [2.05, 4.69) is 19.9 Å². The summed E-state index contributed by atoms with van der Waals surface area (Å²) in [5.74, 6) is 1.90. The van der Waals surface area contributed by atoms with E-state index >= 15 is 0 Å². The van der Waals surface area contributed by atoms with E-state index < -0.39 is 11.9 Å². The molecule has 0 radical (unpaired) electrons. The number of alkyl halides is 3. The van der Waals surface area contributed by atoms with Crippen LogP contribution >= 0.6 is 0 Å². The fourth-order valence-corrected chi connectivity index (χ4v) is 6.53. The van der Waals surface area contributed by atoms with Crippen molar-refractivity contribution in [1.82, 2.24) is 34.3 Å². The molecular weight excluding hydrogens is 549 g/mol. The summed E-state index contributed by atoms with van der Waals surface area (Å²) in [6, 6.07) is 3.96. The summed E-state index contributed by atoms with van der Waals surface area (Å²) in [6.07, 6.45) is 4.57. The molecule has 1 saturated heterocycles. The highest BCUT2D eigenvalue weighted by atomic mass is 19.4. The van der Waals surface area contributed by atoms with Crippen LogP contribution in [0.3, 0.4) is 0 Å². The Hall–Kier alpha value is -4.00. The number of anilines is 1. The van der Waals surface area contributed by atoms with Crippen LogP contribution in [0, 0.1) is 0 Å². The third-order valence-electron chi connectivity index (χ3n) is 8.58. The molecule has 1 saturated carbocycles. The third-order valence-corrected chi connectivity index (χ3v) is 8.58. The zero-order valence-electron chi connectivity index (χ0n) is 23.6. The quantitative estimate of drug-likeness (QED) is 0.289. The highest BCUT2D eigenvalue weighted by Gasteiger charge is 2.45. The topological polar surface area (TPSA) is 96.0 Å². The van der Waals surface area contributed by atoms with Gasteiger partial charge >= 0.3 is 6.18 Å².